The Bertz CT molecular complexity index is 1080. The summed E-state index contributed by atoms with van der Waals surface area (Å²) in [5.41, 5.74) is 0.340. The van der Waals surface area contributed by atoms with Crippen LogP contribution in [0.15, 0.2) is 33.8 Å². The van der Waals surface area contributed by atoms with Gasteiger partial charge in [-0.3, -0.25) is 9.59 Å². The Morgan fingerprint density at radius 3 is 2.70 bits per heavy atom. The van der Waals surface area contributed by atoms with Crippen molar-refractivity contribution in [1.29, 1.82) is 0 Å². The van der Waals surface area contributed by atoms with Crippen molar-refractivity contribution in [2.75, 3.05) is 32.8 Å². The number of morpholine rings is 1. The second-order valence-electron chi connectivity index (χ2n) is 7.36. The van der Waals surface area contributed by atoms with Crippen LogP contribution in [0, 0.1) is 0 Å². The standard InChI is InChI=1S/C19H22ClN3O6S/c1-12(18(24)22-6-8-28-9-7-22)23-5-4-15(19(23)25)21-30(26,27)17-10-13-2-3-14(20)11-16(13)29-17/h2-3,10-12,15,21H,4-9H2,1H3/t12-,15-/m0/s1. The molecule has 2 aliphatic heterocycles. The van der Waals surface area contributed by atoms with Gasteiger partial charge in [0.05, 0.1) is 13.2 Å². The molecule has 4 rings (SSSR count). The smallest absolute Gasteiger partial charge is 0.274 e. The highest BCUT2D eigenvalue weighted by Gasteiger charge is 2.40. The average molecular weight is 456 g/mol. The quantitative estimate of drug-likeness (QED) is 0.725. The molecule has 162 valence electrons. The highest BCUT2D eigenvalue weighted by molar-refractivity contribution is 7.89. The van der Waals surface area contributed by atoms with Crippen LogP contribution >= 0.6 is 11.6 Å². The molecule has 30 heavy (non-hydrogen) atoms. The highest BCUT2D eigenvalue weighted by Crippen LogP contribution is 2.26. The van der Waals surface area contributed by atoms with Gasteiger partial charge in [0.1, 0.15) is 17.7 Å². The summed E-state index contributed by atoms with van der Waals surface area (Å²) in [6, 6.07) is 4.58. The van der Waals surface area contributed by atoms with Crippen LogP contribution < -0.4 is 4.72 Å². The lowest BCUT2D eigenvalue weighted by atomic mass is 10.2. The van der Waals surface area contributed by atoms with E-state index >= 15 is 0 Å². The van der Waals surface area contributed by atoms with Gasteiger partial charge in [0.2, 0.25) is 16.9 Å². The molecule has 0 unspecified atom stereocenters. The Labute approximate surface area is 178 Å². The van der Waals surface area contributed by atoms with E-state index in [1.807, 2.05) is 0 Å². The van der Waals surface area contributed by atoms with E-state index in [1.165, 1.54) is 17.0 Å². The number of rotatable bonds is 5. The first-order valence-corrected chi connectivity index (χ1v) is 11.5. The lowest BCUT2D eigenvalue weighted by Crippen LogP contribution is -2.52. The summed E-state index contributed by atoms with van der Waals surface area (Å²) >= 11 is 5.91. The number of carbonyl (C=O) groups is 2. The van der Waals surface area contributed by atoms with Crippen molar-refractivity contribution in [3.63, 3.8) is 0 Å². The molecule has 2 aromatic rings. The molecule has 2 fully saturated rings. The van der Waals surface area contributed by atoms with E-state index < -0.39 is 28.0 Å². The zero-order valence-corrected chi connectivity index (χ0v) is 17.9. The molecule has 0 radical (unpaired) electrons. The van der Waals surface area contributed by atoms with Crippen LogP contribution in [-0.4, -0.2) is 75.0 Å². The van der Waals surface area contributed by atoms with E-state index in [2.05, 4.69) is 4.72 Å². The van der Waals surface area contributed by atoms with Gasteiger partial charge in [0.25, 0.3) is 10.0 Å². The molecule has 0 spiro atoms. The van der Waals surface area contributed by atoms with Gasteiger partial charge in [-0.25, -0.2) is 8.42 Å². The molecular weight excluding hydrogens is 434 g/mol. The number of amides is 2. The molecule has 1 N–H and O–H groups in total. The number of ether oxygens (including phenoxy) is 1. The first-order chi connectivity index (χ1) is 14.3. The van der Waals surface area contributed by atoms with Gasteiger partial charge in [-0.2, -0.15) is 4.72 Å². The molecule has 1 aromatic heterocycles. The minimum Gasteiger partial charge on any atom is -0.443 e. The zero-order valence-electron chi connectivity index (χ0n) is 16.3. The number of halogens is 1. The van der Waals surface area contributed by atoms with Gasteiger partial charge in [0, 0.05) is 42.2 Å². The lowest BCUT2D eigenvalue weighted by molar-refractivity contribution is -0.146. The van der Waals surface area contributed by atoms with Gasteiger partial charge >= 0.3 is 0 Å². The number of furan rings is 1. The minimum absolute atomic E-state index is 0.163. The Morgan fingerprint density at radius 1 is 1.23 bits per heavy atom. The Morgan fingerprint density at radius 2 is 1.97 bits per heavy atom. The molecule has 9 nitrogen and oxygen atoms in total. The number of benzene rings is 1. The van der Waals surface area contributed by atoms with E-state index in [0.29, 0.717) is 48.8 Å². The summed E-state index contributed by atoms with van der Waals surface area (Å²) in [4.78, 5) is 28.6. The molecule has 2 aliphatic rings. The van der Waals surface area contributed by atoms with Crippen molar-refractivity contribution < 1.29 is 27.2 Å². The third-order valence-corrected chi connectivity index (χ3v) is 6.97. The fraction of sp³-hybridized carbons (Fsp3) is 0.474. The molecule has 3 heterocycles. The molecule has 2 amide bonds. The van der Waals surface area contributed by atoms with Crippen molar-refractivity contribution in [2.45, 2.75) is 30.5 Å². The van der Waals surface area contributed by atoms with E-state index in [1.54, 1.807) is 24.0 Å². The minimum atomic E-state index is -4.06. The molecule has 0 saturated carbocycles. The predicted octanol–water partition coefficient (Wildman–Crippen LogP) is 1.21. The van der Waals surface area contributed by atoms with E-state index in [-0.39, 0.29) is 17.4 Å². The molecule has 11 heteroatoms. The first kappa shape index (κ1) is 21.1. The molecule has 2 atom stereocenters. The maximum atomic E-state index is 12.8. The maximum absolute atomic E-state index is 12.8. The van der Waals surface area contributed by atoms with Crippen LogP contribution in [0.2, 0.25) is 5.02 Å². The Kier molecular flexibility index (Phi) is 5.75. The van der Waals surface area contributed by atoms with Gasteiger partial charge < -0.3 is 19.0 Å². The molecule has 0 bridgehead atoms. The van der Waals surface area contributed by atoms with Crippen LogP contribution in [0.4, 0.5) is 0 Å². The molecule has 0 aliphatic carbocycles. The number of hydrogen-bond acceptors (Lipinski definition) is 6. The van der Waals surface area contributed by atoms with Crippen molar-refractivity contribution in [1.82, 2.24) is 14.5 Å². The average Bonchev–Trinajstić information content (AvgIpc) is 3.31. The fourth-order valence-corrected chi connectivity index (χ4v) is 5.09. The summed E-state index contributed by atoms with van der Waals surface area (Å²) in [7, 11) is -4.06. The summed E-state index contributed by atoms with van der Waals surface area (Å²) in [5, 5.41) is 0.724. The summed E-state index contributed by atoms with van der Waals surface area (Å²) < 4.78 is 38.6. The number of likely N-dealkylation sites (tertiary alicyclic amines) is 1. The first-order valence-electron chi connectivity index (χ1n) is 9.65. The topological polar surface area (TPSA) is 109 Å². The van der Waals surface area contributed by atoms with Gasteiger partial charge in [-0.05, 0) is 25.5 Å². The SMILES string of the molecule is C[C@@H](C(=O)N1CCOCC1)N1CC[C@H](NS(=O)(=O)c2cc3ccc(Cl)cc3o2)C1=O. The number of hydrogen-bond donors (Lipinski definition) is 1. The molecular formula is C19H22ClN3O6S. The Balaban J connectivity index is 1.45. The second kappa shape index (κ2) is 8.18. The van der Waals surface area contributed by atoms with Gasteiger partial charge in [0.15, 0.2) is 0 Å². The number of nitrogens with zero attached hydrogens (tertiary/aromatic N) is 2. The number of nitrogens with one attached hydrogen (secondary N) is 1. The van der Waals surface area contributed by atoms with Gasteiger partial charge in [-0.15, -0.1) is 0 Å². The summed E-state index contributed by atoms with van der Waals surface area (Å²) in [6.07, 6.45) is 0.269. The van der Waals surface area contributed by atoms with Crippen molar-refractivity contribution >= 4 is 44.4 Å². The van der Waals surface area contributed by atoms with Crippen LogP contribution in [0.3, 0.4) is 0 Å². The zero-order chi connectivity index (χ0) is 21.5. The van der Waals surface area contributed by atoms with Crippen molar-refractivity contribution in [3.05, 3.63) is 29.3 Å². The van der Waals surface area contributed by atoms with Crippen LogP contribution in [0.1, 0.15) is 13.3 Å². The highest BCUT2D eigenvalue weighted by atomic mass is 35.5. The lowest BCUT2D eigenvalue weighted by Gasteiger charge is -2.32. The monoisotopic (exact) mass is 455 g/mol. The van der Waals surface area contributed by atoms with E-state index in [4.69, 9.17) is 20.8 Å². The third kappa shape index (κ3) is 4.04. The summed E-state index contributed by atoms with van der Waals surface area (Å²) in [6.45, 7) is 3.86. The molecule has 2 saturated heterocycles. The van der Waals surface area contributed by atoms with E-state index in [0.717, 1.165) is 0 Å². The van der Waals surface area contributed by atoms with E-state index in [9.17, 15) is 18.0 Å². The predicted molar refractivity (Wildman–Crippen MR) is 109 cm³/mol. The normalized spacial score (nSPS) is 21.4. The number of sulfonamides is 1. The van der Waals surface area contributed by atoms with Crippen molar-refractivity contribution in [3.8, 4) is 0 Å². The largest absolute Gasteiger partial charge is 0.443 e. The Hall–Kier alpha value is -2.14. The van der Waals surface area contributed by atoms with Gasteiger partial charge in [-0.1, -0.05) is 11.6 Å². The fourth-order valence-electron chi connectivity index (χ4n) is 3.74. The number of carbonyl (C=O) groups excluding carboxylic acids is 2. The maximum Gasteiger partial charge on any atom is 0.274 e. The van der Waals surface area contributed by atoms with Crippen LogP contribution in [0.25, 0.3) is 11.0 Å². The van der Waals surface area contributed by atoms with Crippen molar-refractivity contribution in [2.24, 2.45) is 0 Å². The summed E-state index contributed by atoms with van der Waals surface area (Å²) in [5.74, 6) is -0.587. The molecule has 1 aromatic carbocycles. The number of fused-ring (bicyclic) bond motifs is 1. The third-order valence-electron chi connectivity index (χ3n) is 5.41. The van der Waals surface area contributed by atoms with Crippen LogP contribution in [0.5, 0.6) is 0 Å². The second-order valence-corrected chi connectivity index (χ2v) is 9.44. The van der Waals surface area contributed by atoms with Crippen LogP contribution in [-0.2, 0) is 24.3 Å².